The van der Waals surface area contributed by atoms with Gasteiger partial charge in [0.25, 0.3) is 0 Å². The molecule has 2 N–H and O–H groups in total. The lowest BCUT2D eigenvalue weighted by Crippen LogP contribution is -2.38. The van der Waals surface area contributed by atoms with Gasteiger partial charge in [0, 0.05) is 6.54 Å². The topological polar surface area (TPSA) is 41.1 Å². The van der Waals surface area contributed by atoms with Crippen LogP contribution in [0.2, 0.25) is 0 Å². The minimum absolute atomic E-state index is 0.0967. The van der Waals surface area contributed by atoms with Crippen molar-refractivity contribution in [1.82, 2.24) is 10.6 Å². The fourth-order valence-corrected chi connectivity index (χ4v) is 2.89. The lowest BCUT2D eigenvalue weighted by molar-refractivity contribution is 0.235. The molecule has 2 amide bonds. The van der Waals surface area contributed by atoms with E-state index in [0.717, 1.165) is 24.8 Å². The van der Waals surface area contributed by atoms with Gasteiger partial charge in [0.15, 0.2) is 0 Å². The summed E-state index contributed by atoms with van der Waals surface area (Å²) in [5.41, 5.74) is 3.73. The summed E-state index contributed by atoms with van der Waals surface area (Å²) in [5, 5.41) is 6.02. The number of nitrogens with one attached hydrogen (secondary N) is 2. The van der Waals surface area contributed by atoms with Crippen LogP contribution < -0.4 is 10.6 Å². The van der Waals surface area contributed by atoms with Crippen molar-refractivity contribution in [3.05, 3.63) is 71.3 Å². The zero-order chi connectivity index (χ0) is 14.5. The van der Waals surface area contributed by atoms with E-state index in [0.29, 0.717) is 6.54 Å². The predicted octanol–water partition coefficient (Wildman–Crippen LogP) is 3.56. The molecule has 0 fully saturated rings. The summed E-state index contributed by atoms with van der Waals surface area (Å²) in [6.45, 7) is 0.557. The Kier molecular flexibility index (Phi) is 4.20. The van der Waals surface area contributed by atoms with Crippen molar-refractivity contribution in [2.45, 2.75) is 31.8 Å². The lowest BCUT2D eigenvalue weighted by atomic mass is 9.88. The zero-order valence-electron chi connectivity index (χ0n) is 12.0. The molecular weight excluding hydrogens is 260 g/mol. The Morgan fingerprint density at radius 1 is 1.05 bits per heavy atom. The largest absolute Gasteiger partial charge is 0.334 e. The highest BCUT2D eigenvalue weighted by Gasteiger charge is 2.20. The number of benzene rings is 2. The van der Waals surface area contributed by atoms with Crippen LogP contribution in [-0.2, 0) is 13.0 Å². The summed E-state index contributed by atoms with van der Waals surface area (Å²) in [4.78, 5) is 12.1. The summed E-state index contributed by atoms with van der Waals surface area (Å²) >= 11 is 0. The van der Waals surface area contributed by atoms with E-state index in [1.807, 2.05) is 36.4 Å². The van der Waals surface area contributed by atoms with Crippen molar-refractivity contribution in [2.75, 3.05) is 0 Å². The number of carbonyl (C=O) groups is 1. The zero-order valence-corrected chi connectivity index (χ0v) is 12.0. The van der Waals surface area contributed by atoms with Crippen molar-refractivity contribution < 1.29 is 4.79 Å². The summed E-state index contributed by atoms with van der Waals surface area (Å²) in [6, 6.07) is 18.4. The Morgan fingerprint density at radius 2 is 1.81 bits per heavy atom. The Morgan fingerprint density at radius 3 is 2.67 bits per heavy atom. The Balaban J connectivity index is 1.58. The molecule has 0 aromatic heterocycles. The maximum absolute atomic E-state index is 12.1. The van der Waals surface area contributed by atoms with E-state index >= 15 is 0 Å². The summed E-state index contributed by atoms with van der Waals surface area (Å²) < 4.78 is 0. The van der Waals surface area contributed by atoms with Gasteiger partial charge in [-0.1, -0.05) is 54.6 Å². The minimum Gasteiger partial charge on any atom is -0.334 e. The summed E-state index contributed by atoms with van der Waals surface area (Å²) in [6.07, 6.45) is 3.25. The molecule has 0 bridgehead atoms. The van der Waals surface area contributed by atoms with E-state index in [1.165, 1.54) is 11.1 Å². The molecule has 0 spiro atoms. The Bertz CT molecular complexity index is 610. The van der Waals surface area contributed by atoms with E-state index < -0.39 is 0 Å². The van der Waals surface area contributed by atoms with E-state index in [2.05, 4.69) is 28.8 Å². The van der Waals surface area contributed by atoms with Gasteiger partial charge in [-0.3, -0.25) is 0 Å². The molecule has 3 nitrogen and oxygen atoms in total. The summed E-state index contributed by atoms with van der Waals surface area (Å²) in [7, 11) is 0. The van der Waals surface area contributed by atoms with Crippen molar-refractivity contribution in [3.8, 4) is 0 Å². The van der Waals surface area contributed by atoms with Gasteiger partial charge < -0.3 is 10.6 Å². The van der Waals surface area contributed by atoms with Crippen LogP contribution in [0.1, 0.15) is 35.6 Å². The Labute approximate surface area is 125 Å². The fourth-order valence-electron chi connectivity index (χ4n) is 2.89. The van der Waals surface area contributed by atoms with Crippen LogP contribution in [-0.4, -0.2) is 6.03 Å². The van der Waals surface area contributed by atoms with Crippen molar-refractivity contribution in [2.24, 2.45) is 0 Å². The van der Waals surface area contributed by atoms with E-state index in [-0.39, 0.29) is 12.1 Å². The second-order valence-corrected chi connectivity index (χ2v) is 5.46. The number of urea groups is 1. The maximum Gasteiger partial charge on any atom is 0.315 e. The molecule has 2 aromatic carbocycles. The fraction of sp³-hybridized carbons (Fsp3) is 0.278. The highest BCUT2D eigenvalue weighted by Crippen LogP contribution is 2.29. The number of fused-ring (bicyclic) bond motifs is 1. The quantitative estimate of drug-likeness (QED) is 0.886. The predicted molar refractivity (Wildman–Crippen MR) is 83.9 cm³/mol. The third kappa shape index (κ3) is 3.43. The van der Waals surface area contributed by atoms with Crippen molar-refractivity contribution >= 4 is 6.03 Å². The molecule has 0 unspecified atom stereocenters. The van der Waals surface area contributed by atoms with Crippen LogP contribution in [0.3, 0.4) is 0 Å². The molecule has 0 radical (unpaired) electrons. The normalized spacial score (nSPS) is 16.9. The van der Waals surface area contributed by atoms with Crippen LogP contribution in [0.15, 0.2) is 54.6 Å². The van der Waals surface area contributed by atoms with E-state index in [9.17, 15) is 4.79 Å². The molecule has 1 aliphatic carbocycles. The average molecular weight is 280 g/mol. The van der Waals surface area contributed by atoms with Crippen LogP contribution >= 0.6 is 0 Å². The molecule has 3 heteroatoms. The van der Waals surface area contributed by atoms with Gasteiger partial charge in [-0.2, -0.15) is 0 Å². The van der Waals surface area contributed by atoms with Gasteiger partial charge in [-0.15, -0.1) is 0 Å². The first-order valence-corrected chi connectivity index (χ1v) is 7.49. The Hall–Kier alpha value is -2.29. The molecule has 2 aromatic rings. The number of hydrogen-bond acceptors (Lipinski definition) is 1. The molecule has 21 heavy (non-hydrogen) atoms. The number of carbonyl (C=O) groups excluding carboxylic acids is 1. The first kappa shape index (κ1) is 13.7. The molecule has 1 atom stereocenters. The third-order valence-corrected chi connectivity index (χ3v) is 3.97. The molecule has 0 saturated carbocycles. The third-order valence-electron chi connectivity index (χ3n) is 3.97. The molecule has 108 valence electrons. The van der Waals surface area contributed by atoms with Crippen molar-refractivity contribution in [3.63, 3.8) is 0 Å². The number of rotatable bonds is 3. The first-order valence-electron chi connectivity index (χ1n) is 7.49. The molecule has 0 saturated heterocycles. The summed E-state index contributed by atoms with van der Waals surface area (Å²) in [5.74, 6) is 0. The first-order chi connectivity index (χ1) is 10.3. The number of aryl methyl sites for hydroxylation is 1. The van der Waals surface area contributed by atoms with Gasteiger partial charge in [0.1, 0.15) is 0 Å². The van der Waals surface area contributed by atoms with Crippen LogP contribution in [0.5, 0.6) is 0 Å². The second-order valence-electron chi connectivity index (χ2n) is 5.46. The second kappa shape index (κ2) is 6.44. The van der Waals surface area contributed by atoms with Crippen molar-refractivity contribution in [1.29, 1.82) is 0 Å². The standard InChI is InChI=1S/C18H20N2O/c21-18(19-13-14-7-2-1-3-8-14)20-17-12-6-10-15-9-4-5-11-16(15)17/h1-5,7-9,11,17H,6,10,12-13H2,(H2,19,20,21)/t17-/m0/s1. The molecule has 0 heterocycles. The highest BCUT2D eigenvalue weighted by atomic mass is 16.2. The average Bonchev–Trinajstić information content (AvgIpc) is 2.54. The highest BCUT2D eigenvalue weighted by molar-refractivity contribution is 5.74. The van der Waals surface area contributed by atoms with Crippen LogP contribution in [0.25, 0.3) is 0 Å². The minimum atomic E-state index is -0.0967. The van der Waals surface area contributed by atoms with Gasteiger partial charge in [-0.05, 0) is 36.0 Å². The molecule has 1 aliphatic rings. The van der Waals surface area contributed by atoms with Gasteiger partial charge >= 0.3 is 6.03 Å². The SMILES string of the molecule is O=C(NCc1ccccc1)N[C@H]1CCCc2ccccc21. The maximum atomic E-state index is 12.1. The van der Waals surface area contributed by atoms with Crippen LogP contribution in [0.4, 0.5) is 4.79 Å². The monoisotopic (exact) mass is 280 g/mol. The molecular formula is C18H20N2O. The molecule has 0 aliphatic heterocycles. The smallest absolute Gasteiger partial charge is 0.315 e. The van der Waals surface area contributed by atoms with E-state index in [4.69, 9.17) is 0 Å². The van der Waals surface area contributed by atoms with Gasteiger partial charge in [-0.25, -0.2) is 4.79 Å². The molecule has 3 rings (SSSR count). The number of amides is 2. The van der Waals surface area contributed by atoms with Crippen LogP contribution in [0, 0.1) is 0 Å². The van der Waals surface area contributed by atoms with E-state index in [1.54, 1.807) is 0 Å². The lowest BCUT2D eigenvalue weighted by Gasteiger charge is -2.26. The van der Waals surface area contributed by atoms with Gasteiger partial charge in [0.05, 0.1) is 6.04 Å². The van der Waals surface area contributed by atoms with Gasteiger partial charge in [0.2, 0.25) is 0 Å². The number of hydrogen-bond donors (Lipinski definition) is 2.